The fourth-order valence-corrected chi connectivity index (χ4v) is 6.58. The zero-order valence-electron chi connectivity index (χ0n) is 12.0. The first-order valence-corrected chi connectivity index (χ1v) is 9.90. The lowest BCUT2D eigenvalue weighted by Gasteiger charge is -2.22. The second-order valence-corrected chi connectivity index (χ2v) is 10.2. The minimum atomic E-state index is -3.50. The van der Waals surface area contributed by atoms with Crippen molar-refractivity contribution in [3.8, 4) is 0 Å². The first-order valence-electron chi connectivity index (χ1n) is 6.60. The number of rotatable bonds is 3. The number of aliphatic hydroxyl groups excluding tert-OH is 1. The molecule has 0 aromatic carbocycles. The predicted molar refractivity (Wildman–Crippen MR) is 84.9 cm³/mol. The van der Waals surface area contributed by atoms with E-state index in [9.17, 15) is 13.5 Å². The normalized spacial score (nSPS) is 20.8. The molecule has 0 bridgehead atoms. The Bertz CT molecular complexity index is 578. The van der Waals surface area contributed by atoms with Gasteiger partial charge in [-0.2, -0.15) is 16.1 Å². The molecule has 20 heavy (non-hydrogen) atoms. The van der Waals surface area contributed by atoms with Crippen LogP contribution in [0.3, 0.4) is 0 Å². The Labute approximate surface area is 129 Å². The van der Waals surface area contributed by atoms with Crippen LogP contribution >= 0.6 is 23.1 Å². The molecule has 0 radical (unpaired) electrons. The highest BCUT2D eigenvalue weighted by atomic mass is 32.2. The van der Waals surface area contributed by atoms with E-state index in [1.807, 2.05) is 11.8 Å². The van der Waals surface area contributed by atoms with E-state index < -0.39 is 10.0 Å². The number of thiophene rings is 1. The molecule has 1 aromatic rings. The molecule has 114 valence electrons. The van der Waals surface area contributed by atoms with E-state index in [2.05, 4.69) is 13.8 Å². The van der Waals surface area contributed by atoms with E-state index in [1.165, 1.54) is 11.3 Å². The molecule has 1 aliphatic heterocycles. The van der Waals surface area contributed by atoms with E-state index in [0.717, 1.165) is 17.7 Å². The number of sulfonamides is 1. The lowest BCUT2D eigenvalue weighted by Crippen LogP contribution is -2.34. The lowest BCUT2D eigenvalue weighted by molar-refractivity contribution is 0.282. The summed E-state index contributed by atoms with van der Waals surface area (Å²) >= 11 is 3.13. The smallest absolute Gasteiger partial charge is 0.244 e. The van der Waals surface area contributed by atoms with Crippen LogP contribution in [0.15, 0.2) is 10.3 Å². The van der Waals surface area contributed by atoms with Crippen LogP contribution in [-0.2, 0) is 16.6 Å². The van der Waals surface area contributed by atoms with Crippen molar-refractivity contribution in [2.75, 3.05) is 18.8 Å². The van der Waals surface area contributed by atoms with Crippen molar-refractivity contribution in [1.29, 1.82) is 0 Å². The van der Waals surface area contributed by atoms with Crippen molar-refractivity contribution in [3.05, 3.63) is 15.8 Å². The van der Waals surface area contributed by atoms with Crippen LogP contribution in [0.2, 0.25) is 0 Å². The average Bonchev–Trinajstić information content (AvgIpc) is 2.64. The molecule has 1 fully saturated rings. The Morgan fingerprint density at radius 1 is 1.40 bits per heavy atom. The number of aliphatic hydroxyl groups is 1. The summed E-state index contributed by atoms with van der Waals surface area (Å²) in [5.41, 5.74) is 0.732. The Kier molecular flexibility index (Phi) is 4.86. The van der Waals surface area contributed by atoms with Gasteiger partial charge in [-0.1, -0.05) is 13.8 Å². The summed E-state index contributed by atoms with van der Waals surface area (Å²) in [6.45, 7) is 6.96. The zero-order valence-corrected chi connectivity index (χ0v) is 14.5. The molecule has 0 unspecified atom stereocenters. The minimum absolute atomic E-state index is 0.119. The molecular formula is C13H21NO3S3. The van der Waals surface area contributed by atoms with Gasteiger partial charge in [-0.15, -0.1) is 11.3 Å². The third kappa shape index (κ3) is 3.22. The van der Waals surface area contributed by atoms with E-state index >= 15 is 0 Å². The van der Waals surface area contributed by atoms with Gasteiger partial charge in [-0.25, -0.2) is 8.42 Å². The summed E-state index contributed by atoms with van der Waals surface area (Å²) in [6.07, 6.45) is 0.842. The van der Waals surface area contributed by atoms with Gasteiger partial charge in [0.15, 0.2) is 0 Å². The third-order valence-corrected chi connectivity index (χ3v) is 8.25. The second kappa shape index (κ2) is 5.96. The van der Waals surface area contributed by atoms with Crippen molar-refractivity contribution < 1.29 is 13.5 Å². The molecule has 0 saturated carbocycles. The molecule has 7 heteroatoms. The summed E-state index contributed by atoms with van der Waals surface area (Å²) in [4.78, 5) is 0.855. The highest BCUT2D eigenvalue weighted by Gasteiger charge is 2.33. The molecule has 0 atom stereocenters. The van der Waals surface area contributed by atoms with Crippen molar-refractivity contribution >= 4 is 33.1 Å². The Morgan fingerprint density at radius 2 is 2.10 bits per heavy atom. The maximum Gasteiger partial charge on any atom is 0.244 e. The molecule has 2 rings (SSSR count). The van der Waals surface area contributed by atoms with Crippen LogP contribution in [0, 0.1) is 6.92 Å². The largest absolute Gasteiger partial charge is 0.391 e. The summed E-state index contributed by atoms with van der Waals surface area (Å²) in [5.74, 6) is 0.809. The van der Waals surface area contributed by atoms with Crippen molar-refractivity contribution in [2.45, 2.75) is 43.4 Å². The van der Waals surface area contributed by atoms with Crippen LogP contribution in [-0.4, -0.2) is 41.4 Å². The summed E-state index contributed by atoms with van der Waals surface area (Å²) in [7, 11) is -3.50. The van der Waals surface area contributed by atoms with Gasteiger partial charge in [0.25, 0.3) is 0 Å². The van der Waals surface area contributed by atoms with Gasteiger partial charge in [-0.05, 0) is 24.3 Å². The first kappa shape index (κ1) is 16.3. The fourth-order valence-electron chi connectivity index (χ4n) is 2.31. The van der Waals surface area contributed by atoms with E-state index in [1.54, 1.807) is 16.6 Å². The summed E-state index contributed by atoms with van der Waals surface area (Å²) < 4.78 is 27.3. The van der Waals surface area contributed by atoms with Crippen molar-refractivity contribution in [3.63, 3.8) is 0 Å². The molecule has 4 nitrogen and oxygen atoms in total. The molecule has 0 amide bonds. The number of nitrogens with zero attached hydrogens (tertiary/aromatic N) is 1. The summed E-state index contributed by atoms with van der Waals surface area (Å²) in [5, 5.41) is 11.2. The van der Waals surface area contributed by atoms with Gasteiger partial charge in [-0.3, -0.25) is 0 Å². The van der Waals surface area contributed by atoms with Crippen LogP contribution in [0.4, 0.5) is 0 Å². The van der Waals surface area contributed by atoms with Gasteiger partial charge in [0.2, 0.25) is 10.0 Å². The molecule has 0 spiro atoms. The topological polar surface area (TPSA) is 57.6 Å². The van der Waals surface area contributed by atoms with Crippen LogP contribution in [0.5, 0.6) is 0 Å². The average molecular weight is 336 g/mol. The van der Waals surface area contributed by atoms with Gasteiger partial charge in [0.1, 0.15) is 4.90 Å². The zero-order chi connectivity index (χ0) is 15.0. The predicted octanol–water partition coefficient (Wildman–Crippen LogP) is 2.46. The Balaban J connectivity index is 2.33. The Morgan fingerprint density at radius 3 is 2.75 bits per heavy atom. The quantitative estimate of drug-likeness (QED) is 0.922. The lowest BCUT2D eigenvalue weighted by atomic mass is 10.1. The van der Waals surface area contributed by atoms with Crippen molar-refractivity contribution in [1.82, 2.24) is 4.31 Å². The van der Waals surface area contributed by atoms with Crippen LogP contribution < -0.4 is 0 Å². The van der Waals surface area contributed by atoms with Crippen LogP contribution in [0.1, 0.15) is 30.7 Å². The number of hydrogen-bond acceptors (Lipinski definition) is 5. The molecule has 2 heterocycles. The van der Waals surface area contributed by atoms with Crippen LogP contribution in [0.25, 0.3) is 0 Å². The number of aryl methyl sites for hydroxylation is 1. The third-order valence-electron chi connectivity index (χ3n) is 3.53. The molecular weight excluding hydrogens is 314 g/mol. The second-order valence-electron chi connectivity index (χ2n) is 5.59. The monoisotopic (exact) mass is 335 g/mol. The van der Waals surface area contributed by atoms with Crippen molar-refractivity contribution in [2.24, 2.45) is 0 Å². The van der Waals surface area contributed by atoms with Gasteiger partial charge >= 0.3 is 0 Å². The van der Waals surface area contributed by atoms with E-state index in [-0.39, 0.29) is 11.4 Å². The first-order chi connectivity index (χ1) is 9.28. The van der Waals surface area contributed by atoms with Gasteiger partial charge < -0.3 is 5.11 Å². The molecule has 1 aliphatic rings. The highest BCUT2D eigenvalue weighted by Crippen LogP contribution is 2.35. The van der Waals surface area contributed by atoms with E-state index in [0.29, 0.717) is 22.9 Å². The van der Waals surface area contributed by atoms with Gasteiger partial charge in [0.05, 0.1) is 11.5 Å². The Hall–Kier alpha value is -0.0800. The maximum absolute atomic E-state index is 12.8. The SMILES string of the molecule is Cc1csc(CO)c1S(=O)(=O)N1CCSC(C)(C)CC1. The molecule has 1 N–H and O–H groups in total. The fraction of sp³-hybridized carbons (Fsp3) is 0.692. The van der Waals surface area contributed by atoms with E-state index in [4.69, 9.17) is 0 Å². The number of hydrogen-bond donors (Lipinski definition) is 1. The number of thioether (sulfide) groups is 1. The maximum atomic E-state index is 12.8. The standard InChI is InChI=1S/C13H21NO3S3/c1-10-9-18-11(8-15)12(10)20(16,17)14-5-4-13(2,3)19-7-6-14/h9,15H,4-8H2,1-3H3. The molecule has 1 saturated heterocycles. The molecule has 1 aromatic heterocycles. The molecule has 0 aliphatic carbocycles. The van der Waals surface area contributed by atoms with Gasteiger partial charge in [0, 0.05) is 23.6 Å². The summed E-state index contributed by atoms with van der Waals surface area (Å²) in [6, 6.07) is 0. The highest BCUT2D eigenvalue weighted by molar-refractivity contribution is 8.00. The minimum Gasteiger partial charge on any atom is -0.391 e.